The Kier molecular flexibility index (Phi) is 8.08. The van der Waals surface area contributed by atoms with Gasteiger partial charge in [0.05, 0.1) is 6.54 Å². The number of urea groups is 1. The summed E-state index contributed by atoms with van der Waals surface area (Å²) in [4.78, 5) is 25.2. The molecule has 0 aliphatic heterocycles. The molecule has 3 amide bonds. The molecule has 0 fully saturated rings. The van der Waals surface area contributed by atoms with E-state index in [0.717, 1.165) is 12.0 Å². The SMILES string of the molecule is CCCNC(=O)NC(=O)CN(CCN)Cc1ccccc1. The van der Waals surface area contributed by atoms with E-state index >= 15 is 0 Å². The number of amides is 3. The quantitative estimate of drug-likeness (QED) is 0.657. The zero-order valence-electron chi connectivity index (χ0n) is 12.5. The number of nitrogens with two attached hydrogens (primary N) is 1. The molecule has 6 heteroatoms. The molecule has 0 aliphatic carbocycles. The summed E-state index contributed by atoms with van der Waals surface area (Å²) in [7, 11) is 0. The van der Waals surface area contributed by atoms with Gasteiger partial charge in [0, 0.05) is 26.2 Å². The van der Waals surface area contributed by atoms with Gasteiger partial charge >= 0.3 is 6.03 Å². The highest BCUT2D eigenvalue weighted by Gasteiger charge is 2.12. The van der Waals surface area contributed by atoms with E-state index < -0.39 is 6.03 Å². The van der Waals surface area contributed by atoms with Gasteiger partial charge in [-0.15, -0.1) is 0 Å². The van der Waals surface area contributed by atoms with Gasteiger partial charge in [0.25, 0.3) is 0 Å². The molecule has 0 atom stereocenters. The van der Waals surface area contributed by atoms with Crippen LogP contribution in [0.2, 0.25) is 0 Å². The highest BCUT2D eigenvalue weighted by atomic mass is 16.2. The molecule has 0 heterocycles. The van der Waals surface area contributed by atoms with Gasteiger partial charge in [-0.05, 0) is 12.0 Å². The van der Waals surface area contributed by atoms with E-state index in [1.165, 1.54) is 0 Å². The second-order valence-corrected chi connectivity index (χ2v) is 4.79. The normalized spacial score (nSPS) is 10.4. The van der Waals surface area contributed by atoms with Crippen molar-refractivity contribution in [1.29, 1.82) is 0 Å². The van der Waals surface area contributed by atoms with Crippen LogP contribution in [0, 0.1) is 0 Å². The van der Waals surface area contributed by atoms with E-state index in [-0.39, 0.29) is 12.5 Å². The summed E-state index contributed by atoms with van der Waals surface area (Å²) in [6.07, 6.45) is 0.828. The molecule has 0 bridgehead atoms. The van der Waals surface area contributed by atoms with Crippen molar-refractivity contribution in [2.45, 2.75) is 19.9 Å². The number of nitrogens with zero attached hydrogens (tertiary/aromatic N) is 1. The lowest BCUT2D eigenvalue weighted by Gasteiger charge is -2.20. The third-order valence-electron chi connectivity index (χ3n) is 2.85. The summed E-state index contributed by atoms with van der Waals surface area (Å²) < 4.78 is 0. The first-order chi connectivity index (χ1) is 10.2. The molecule has 4 N–H and O–H groups in total. The largest absolute Gasteiger partial charge is 0.338 e. The van der Waals surface area contributed by atoms with Gasteiger partial charge in [-0.2, -0.15) is 0 Å². The first-order valence-corrected chi connectivity index (χ1v) is 7.19. The summed E-state index contributed by atoms with van der Waals surface area (Å²) in [6.45, 7) is 4.33. The highest BCUT2D eigenvalue weighted by Crippen LogP contribution is 2.03. The fourth-order valence-corrected chi connectivity index (χ4v) is 1.89. The van der Waals surface area contributed by atoms with Crippen LogP contribution in [0.25, 0.3) is 0 Å². The van der Waals surface area contributed by atoms with Crippen LogP contribution < -0.4 is 16.4 Å². The molecular formula is C15H24N4O2. The molecule has 0 saturated carbocycles. The molecule has 1 rings (SSSR count). The van der Waals surface area contributed by atoms with E-state index in [0.29, 0.717) is 26.2 Å². The lowest BCUT2D eigenvalue weighted by Crippen LogP contribution is -2.45. The maximum absolute atomic E-state index is 11.8. The summed E-state index contributed by atoms with van der Waals surface area (Å²) in [6, 6.07) is 9.39. The Morgan fingerprint density at radius 2 is 1.95 bits per heavy atom. The second-order valence-electron chi connectivity index (χ2n) is 4.79. The molecule has 0 spiro atoms. The molecule has 116 valence electrons. The maximum Gasteiger partial charge on any atom is 0.321 e. The van der Waals surface area contributed by atoms with Gasteiger partial charge in [0.1, 0.15) is 0 Å². The third kappa shape index (κ3) is 7.43. The molecule has 6 nitrogen and oxygen atoms in total. The molecule has 0 unspecified atom stereocenters. The smallest absolute Gasteiger partial charge is 0.321 e. The molecule has 1 aromatic rings. The molecule has 0 aromatic heterocycles. The Balaban J connectivity index is 2.46. The zero-order chi connectivity index (χ0) is 15.5. The average Bonchev–Trinajstić information content (AvgIpc) is 2.46. The fraction of sp³-hybridized carbons (Fsp3) is 0.467. The number of carbonyl (C=O) groups is 2. The molecular weight excluding hydrogens is 268 g/mol. The Labute approximate surface area is 125 Å². The summed E-state index contributed by atoms with van der Waals surface area (Å²) in [5.74, 6) is -0.326. The van der Waals surface area contributed by atoms with E-state index in [9.17, 15) is 9.59 Å². The Morgan fingerprint density at radius 1 is 1.24 bits per heavy atom. The van der Waals surface area contributed by atoms with Gasteiger partial charge in [0.15, 0.2) is 0 Å². The Hall–Kier alpha value is -1.92. The van der Waals surface area contributed by atoms with Crippen molar-refractivity contribution < 1.29 is 9.59 Å². The molecule has 0 radical (unpaired) electrons. The number of hydrogen-bond donors (Lipinski definition) is 3. The van der Waals surface area contributed by atoms with Crippen LogP contribution >= 0.6 is 0 Å². The minimum absolute atomic E-state index is 0.144. The van der Waals surface area contributed by atoms with Gasteiger partial charge in [0.2, 0.25) is 5.91 Å². The molecule has 0 saturated heterocycles. The first kappa shape index (κ1) is 17.1. The predicted octanol–water partition coefficient (Wildman–Crippen LogP) is 0.683. The monoisotopic (exact) mass is 292 g/mol. The Morgan fingerprint density at radius 3 is 2.57 bits per heavy atom. The molecule has 21 heavy (non-hydrogen) atoms. The summed E-state index contributed by atoms with van der Waals surface area (Å²) >= 11 is 0. The predicted molar refractivity (Wildman–Crippen MR) is 82.6 cm³/mol. The van der Waals surface area contributed by atoms with Gasteiger partial charge in [-0.3, -0.25) is 15.0 Å². The molecule has 1 aromatic carbocycles. The first-order valence-electron chi connectivity index (χ1n) is 7.19. The van der Waals surface area contributed by atoms with E-state index in [4.69, 9.17) is 5.73 Å². The lowest BCUT2D eigenvalue weighted by molar-refractivity contribution is -0.121. The number of benzene rings is 1. The van der Waals surface area contributed by atoms with Crippen LogP contribution in [0.15, 0.2) is 30.3 Å². The number of rotatable bonds is 8. The number of imide groups is 1. The van der Waals surface area contributed by atoms with E-state index in [2.05, 4.69) is 10.6 Å². The van der Waals surface area contributed by atoms with Crippen molar-refractivity contribution in [2.24, 2.45) is 5.73 Å². The van der Waals surface area contributed by atoms with E-state index in [1.807, 2.05) is 42.2 Å². The minimum Gasteiger partial charge on any atom is -0.338 e. The van der Waals surface area contributed by atoms with Gasteiger partial charge in [-0.1, -0.05) is 37.3 Å². The third-order valence-corrected chi connectivity index (χ3v) is 2.85. The van der Waals surface area contributed by atoms with Crippen LogP contribution in [-0.2, 0) is 11.3 Å². The second kappa shape index (κ2) is 9.90. The highest BCUT2D eigenvalue weighted by molar-refractivity contribution is 5.95. The fourth-order valence-electron chi connectivity index (χ4n) is 1.89. The number of carbonyl (C=O) groups excluding carboxylic acids is 2. The Bertz CT molecular complexity index is 437. The van der Waals surface area contributed by atoms with Crippen LogP contribution in [-0.4, -0.2) is 43.0 Å². The van der Waals surface area contributed by atoms with Crippen molar-refractivity contribution >= 4 is 11.9 Å². The zero-order valence-corrected chi connectivity index (χ0v) is 12.5. The van der Waals surface area contributed by atoms with E-state index in [1.54, 1.807) is 0 Å². The van der Waals surface area contributed by atoms with Crippen molar-refractivity contribution in [3.63, 3.8) is 0 Å². The lowest BCUT2D eigenvalue weighted by atomic mass is 10.2. The standard InChI is InChI=1S/C15H24N4O2/c1-2-9-17-15(21)18-14(20)12-19(10-8-16)11-13-6-4-3-5-7-13/h3-7H,2,8-12,16H2,1H3,(H2,17,18,20,21). The topological polar surface area (TPSA) is 87.5 Å². The van der Waals surface area contributed by atoms with Crippen LogP contribution in [0.4, 0.5) is 4.79 Å². The van der Waals surface area contributed by atoms with Crippen molar-refractivity contribution in [2.75, 3.05) is 26.2 Å². The summed E-state index contributed by atoms with van der Waals surface area (Å²) in [5.41, 5.74) is 6.68. The average molecular weight is 292 g/mol. The number of hydrogen-bond acceptors (Lipinski definition) is 4. The minimum atomic E-state index is -0.450. The van der Waals surface area contributed by atoms with Crippen molar-refractivity contribution in [3.8, 4) is 0 Å². The van der Waals surface area contributed by atoms with Crippen molar-refractivity contribution in [1.82, 2.24) is 15.5 Å². The maximum atomic E-state index is 11.8. The van der Waals surface area contributed by atoms with Gasteiger partial charge < -0.3 is 11.1 Å². The van der Waals surface area contributed by atoms with Crippen LogP contribution in [0.3, 0.4) is 0 Å². The molecule has 0 aliphatic rings. The number of nitrogens with one attached hydrogen (secondary N) is 2. The van der Waals surface area contributed by atoms with Crippen LogP contribution in [0.5, 0.6) is 0 Å². The van der Waals surface area contributed by atoms with Crippen LogP contribution in [0.1, 0.15) is 18.9 Å². The summed E-state index contributed by atoms with van der Waals surface area (Å²) in [5, 5.41) is 4.92. The van der Waals surface area contributed by atoms with Gasteiger partial charge in [-0.25, -0.2) is 4.79 Å². The van der Waals surface area contributed by atoms with Crippen molar-refractivity contribution in [3.05, 3.63) is 35.9 Å².